The molecule has 108 valence electrons. The Bertz CT molecular complexity index is 239. The number of likely N-dealkylation sites (N-methyl/N-ethyl adjacent to an activating group) is 1. The van der Waals surface area contributed by atoms with Crippen LogP contribution >= 0.6 is 12.4 Å². The first-order chi connectivity index (χ1) is 8.11. The summed E-state index contributed by atoms with van der Waals surface area (Å²) in [5, 5.41) is 5.70. The molecule has 0 aromatic rings. The van der Waals surface area contributed by atoms with Crippen molar-refractivity contribution in [1.29, 1.82) is 0 Å². The van der Waals surface area contributed by atoms with Crippen molar-refractivity contribution in [3.63, 3.8) is 0 Å². The highest BCUT2D eigenvalue weighted by molar-refractivity contribution is 5.85. The number of morpholine rings is 1. The number of carbonyl (C=O) groups excluding carboxylic acids is 1. The molecular weight excluding hydrogens is 254 g/mol. The number of ether oxygens (including phenoxy) is 1. The number of hydrogen-bond acceptors (Lipinski definition) is 4. The molecule has 1 heterocycles. The van der Waals surface area contributed by atoms with Gasteiger partial charge in [-0.25, -0.2) is 0 Å². The Labute approximate surface area is 116 Å². The van der Waals surface area contributed by atoms with E-state index >= 15 is 0 Å². The van der Waals surface area contributed by atoms with Crippen LogP contribution in [0.4, 0.5) is 0 Å². The maximum atomic E-state index is 11.3. The molecule has 0 bridgehead atoms. The molecule has 1 aliphatic heterocycles. The third-order valence-electron chi connectivity index (χ3n) is 2.71. The molecule has 2 N–H and O–H groups in total. The Kier molecular flexibility index (Phi) is 9.36. The Hall–Kier alpha value is -0.360. The van der Waals surface area contributed by atoms with Gasteiger partial charge in [-0.05, 0) is 13.0 Å². The molecule has 5 nitrogen and oxygen atoms in total. The molecule has 6 heteroatoms. The van der Waals surface area contributed by atoms with Crippen molar-refractivity contribution in [2.75, 3.05) is 46.4 Å². The number of carbonyl (C=O) groups is 1. The average molecular weight is 280 g/mol. The second kappa shape index (κ2) is 9.55. The van der Waals surface area contributed by atoms with Crippen LogP contribution < -0.4 is 10.6 Å². The first kappa shape index (κ1) is 17.6. The van der Waals surface area contributed by atoms with Gasteiger partial charge in [-0.2, -0.15) is 0 Å². The van der Waals surface area contributed by atoms with Crippen LogP contribution in [0.25, 0.3) is 0 Å². The van der Waals surface area contributed by atoms with Crippen molar-refractivity contribution in [3.8, 4) is 0 Å². The quantitative estimate of drug-likeness (QED) is 0.724. The fourth-order valence-corrected chi connectivity index (χ4v) is 2.04. The summed E-state index contributed by atoms with van der Waals surface area (Å²) >= 11 is 0. The molecule has 0 aliphatic carbocycles. The number of nitrogens with one attached hydrogen (secondary N) is 2. The van der Waals surface area contributed by atoms with Crippen molar-refractivity contribution in [1.82, 2.24) is 15.5 Å². The molecule has 0 radical (unpaired) electrons. The highest BCUT2D eigenvalue weighted by Gasteiger charge is 2.21. The predicted molar refractivity (Wildman–Crippen MR) is 75.2 cm³/mol. The summed E-state index contributed by atoms with van der Waals surface area (Å²) in [4.78, 5) is 13.7. The summed E-state index contributed by atoms with van der Waals surface area (Å²) in [6.07, 6.45) is 0.128. The minimum absolute atomic E-state index is 0. The van der Waals surface area contributed by atoms with Gasteiger partial charge in [0.05, 0.1) is 19.3 Å². The van der Waals surface area contributed by atoms with Crippen molar-refractivity contribution < 1.29 is 9.53 Å². The summed E-state index contributed by atoms with van der Waals surface area (Å²) in [5.41, 5.74) is 0. The van der Waals surface area contributed by atoms with Crippen LogP contribution in [0.5, 0.6) is 0 Å². The van der Waals surface area contributed by atoms with Gasteiger partial charge < -0.3 is 15.4 Å². The fraction of sp³-hybridized carbons (Fsp3) is 0.917. The number of halogens is 1. The van der Waals surface area contributed by atoms with E-state index in [1.165, 1.54) is 0 Å². The standard InChI is InChI=1S/C12H25N3O2.ClH/c1-10(2)8-15-4-5-17-11(9-15)6-14-12(16)7-13-3;/h10-11,13H,4-9H2,1-3H3,(H,14,16);1H. The molecule has 1 fully saturated rings. The van der Waals surface area contributed by atoms with Gasteiger partial charge in [0.1, 0.15) is 0 Å². The van der Waals surface area contributed by atoms with E-state index in [0.29, 0.717) is 19.0 Å². The van der Waals surface area contributed by atoms with Gasteiger partial charge in [-0.3, -0.25) is 9.69 Å². The molecular formula is C12H26ClN3O2. The van der Waals surface area contributed by atoms with Crippen molar-refractivity contribution in [2.24, 2.45) is 5.92 Å². The van der Waals surface area contributed by atoms with Crippen LogP contribution in [0.15, 0.2) is 0 Å². The summed E-state index contributed by atoms with van der Waals surface area (Å²) < 4.78 is 5.64. The third-order valence-corrected chi connectivity index (χ3v) is 2.71. The van der Waals surface area contributed by atoms with Crippen LogP contribution in [0.3, 0.4) is 0 Å². The van der Waals surface area contributed by atoms with Crippen molar-refractivity contribution >= 4 is 18.3 Å². The summed E-state index contributed by atoms with van der Waals surface area (Å²) in [6.45, 7) is 9.19. The zero-order valence-corrected chi connectivity index (χ0v) is 12.4. The lowest BCUT2D eigenvalue weighted by Gasteiger charge is -2.33. The smallest absolute Gasteiger partial charge is 0.234 e. The summed E-state index contributed by atoms with van der Waals surface area (Å²) in [6, 6.07) is 0. The predicted octanol–water partition coefficient (Wildman–Crippen LogP) is 0.101. The molecule has 1 saturated heterocycles. The highest BCUT2D eigenvalue weighted by atomic mass is 35.5. The van der Waals surface area contributed by atoms with Crippen LogP contribution in [-0.4, -0.2) is 63.3 Å². The molecule has 0 spiro atoms. The second-order valence-corrected chi connectivity index (χ2v) is 4.98. The maximum Gasteiger partial charge on any atom is 0.234 e. The number of amides is 1. The van der Waals surface area contributed by atoms with Gasteiger partial charge >= 0.3 is 0 Å². The third kappa shape index (κ3) is 7.16. The second-order valence-electron chi connectivity index (χ2n) is 4.98. The fourth-order valence-electron chi connectivity index (χ4n) is 2.04. The average Bonchev–Trinajstić information content (AvgIpc) is 2.26. The number of hydrogen-bond donors (Lipinski definition) is 2. The molecule has 1 atom stereocenters. The largest absolute Gasteiger partial charge is 0.374 e. The Morgan fingerprint density at radius 3 is 2.83 bits per heavy atom. The molecule has 1 aliphatic rings. The lowest BCUT2D eigenvalue weighted by Crippen LogP contribution is -2.49. The van der Waals surface area contributed by atoms with E-state index in [9.17, 15) is 4.79 Å². The lowest BCUT2D eigenvalue weighted by molar-refractivity contribution is -0.121. The molecule has 0 aromatic heterocycles. The minimum atomic E-state index is 0. The molecule has 1 unspecified atom stereocenters. The van der Waals surface area contributed by atoms with Gasteiger partial charge in [0, 0.05) is 26.2 Å². The Morgan fingerprint density at radius 2 is 2.22 bits per heavy atom. The van der Waals surface area contributed by atoms with Gasteiger partial charge in [-0.1, -0.05) is 13.8 Å². The van der Waals surface area contributed by atoms with Crippen molar-refractivity contribution in [2.45, 2.75) is 20.0 Å². The van der Waals surface area contributed by atoms with Gasteiger partial charge in [0.2, 0.25) is 5.91 Å². The summed E-state index contributed by atoms with van der Waals surface area (Å²) in [5.74, 6) is 0.699. The summed E-state index contributed by atoms with van der Waals surface area (Å²) in [7, 11) is 1.76. The molecule has 0 saturated carbocycles. The normalized spacial score (nSPS) is 20.6. The van der Waals surface area contributed by atoms with E-state index in [0.717, 1.165) is 26.2 Å². The Balaban J connectivity index is 0.00000289. The lowest BCUT2D eigenvalue weighted by atomic mass is 10.2. The molecule has 1 rings (SSSR count). The number of nitrogens with zero attached hydrogens (tertiary/aromatic N) is 1. The molecule has 1 amide bonds. The molecule has 18 heavy (non-hydrogen) atoms. The first-order valence-electron chi connectivity index (χ1n) is 6.37. The Morgan fingerprint density at radius 1 is 1.50 bits per heavy atom. The van der Waals surface area contributed by atoms with E-state index in [1.54, 1.807) is 7.05 Å². The van der Waals surface area contributed by atoms with Crippen LogP contribution in [0, 0.1) is 5.92 Å². The first-order valence-corrected chi connectivity index (χ1v) is 6.37. The highest BCUT2D eigenvalue weighted by Crippen LogP contribution is 2.07. The van der Waals surface area contributed by atoms with E-state index in [-0.39, 0.29) is 24.4 Å². The SMILES string of the molecule is CNCC(=O)NCC1CN(CC(C)C)CCO1.Cl. The topological polar surface area (TPSA) is 53.6 Å². The van der Waals surface area contributed by atoms with Crippen LogP contribution in [0.2, 0.25) is 0 Å². The van der Waals surface area contributed by atoms with Crippen LogP contribution in [0.1, 0.15) is 13.8 Å². The minimum Gasteiger partial charge on any atom is -0.374 e. The van der Waals surface area contributed by atoms with E-state index < -0.39 is 0 Å². The number of rotatable bonds is 6. The van der Waals surface area contributed by atoms with E-state index in [1.807, 2.05) is 0 Å². The van der Waals surface area contributed by atoms with Crippen LogP contribution in [-0.2, 0) is 9.53 Å². The van der Waals surface area contributed by atoms with Gasteiger partial charge in [-0.15, -0.1) is 12.4 Å². The van der Waals surface area contributed by atoms with Gasteiger partial charge in [0.25, 0.3) is 0 Å². The van der Waals surface area contributed by atoms with E-state index in [2.05, 4.69) is 29.4 Å². The maximum absolute atomic E-state index is 11.3. The zero-order valence-electron chi connectivity index (χ0n) is 11.6. The van der Waals surface area contributed by atoms with Gasteiger partial charge in [0.15, 0.2) is 0 Å². The monoisotopic (exact) mass is 279 g/mol. The molecule has 0 aromatic carbocycles. The van der Waals surface area contributed by atoms with Crippen molar-refractivity contribution in [3.05, 3.63) is 0 Å². The zero-order chi connectivity index (χ0) is 12.7. The van der Waals surface area contributed by atoms with E-state index in [4.69, 9.17) is 4.74 Å².